The second-order valence-corrected chi connectivity index (χ2v) is 15.3. The highest BCUT2D eigenvalue weighted by molar-refractivity contribution is 6.25. The van der Waals surface area contributed by atoms with E-state index in [-0.39, 0.29) is 5.41 Å². The molecule has 0 saturated carbocycles. The summed E-state index contributed by atoms with van der Waals surface area (Å²) in [5, 5.41) is 7.39. The second-order valence-electron chi connectivity index (χ2n) is 15.3. The average molecular weight is 691 g/mol. The zero-order valence-electron chi connectivity index (χ0n) is 30.0. The Kier molecular flexibility index (Phi) is 5.84. The van der Waals surface area contributed by atoms with Gasteiger partial charge in [-0.15, -0.1) is 0 Å². The fourth-order valence-corrected chi connectivity index (χ4v) is 9.62. The van der Waals surface area contributed by atoms with Gasteiger partial charge in [-0.25, -0.2) is 0 Å². The molecule has 3 heterocycles. The average Bonchev–Trinajstić information content (AvgIpc) is 3.93. The van der Waals surface area contributed by atoms with Crippen LogP contribution in [0.1, 0.15) is 25.0 Å². The zero-order valence-corrected chi connectivity index (χ0v) is 30.0. The molecular weight excluding hydrogens is 657 g/mol. The molecule has 0 radical (unpaired) electrons. The van der Waals surface area contributed by atoms with Crippen LogP contribution in [0.15, 0.2) is 174 Å². The molecule has 0 spiro atoms. The molecule has 254 valence electrons. The third-order valence-electron chi connectivity index (χ3n) is 12.1. The molecule has 0 unspecified atom stereocenters. The Hall–Kier alpha value is -6.84. The summed E-state index contributed by atoms with van der Waals surface area (Å²) in [6.45, 7) is 4.70. The molecule has 0 fully saturated rings. The van der Waals surface area contributed by atoms with E-state index in [0.717, 1.165) is 39.0 Å². The molecule has 0 saturated heterocycles. The van der Waals surface area contributed by atoms with Crippen molar-refractivity contribution in [2.45, 2.75) is 19.3 Å². The molecule has 0 atom stereocenters. The number of anilines is 3. The summed E-state index contributed by atoms with van der Waals surface area (Å²) in [6.07, 6.45) is 0. The molecule has 0 bridgehead atoms. The number of aromatic nitrogens is 1. The molecular formula is C51H34N2O. The van der Waals surface area contributed by atoms with Crippen LogP contribution in [-0.2, 0) is 5.41 Å². The smallest absolute Gasteiger partial charge is 0.135 e. The Morgan fingerprint density at radius 1 is 0.444 bits per heavy atom. The van der Waals surface area contributed by atoms with Gasteiger partial charge in [-0.3, -0.25) is 0 Å². The standard InChI is InChI=1S/C51H34N2O/c1-51(2)43-17-6-3-11-35(43)41-30-34(26-27-44(41)51)52(33-24-21-31(22-25-33)32-23-28-48-42(29-32)37-13-5-8-20-47(37)54-48)46-19-10-16-40-39-15-9-14-38-36-12-4-7-18-45(36)53(49(38)39)50(40)46/h3-30H,1-2H3. The van der Waals surface area contributed by atoms with E-state index in [0.29, 0.717) is 0 Å². The molecule has 8 aromatic carbocycles. The van der Waals surface area contributed by atoms with E-state index in [9.17, 15) is 0 Å². The van der Waals surface area contributed by atoms with Crippen molar-refractivity contribution in [1.29, 1.82) is 0 Å². The highest BCUT2D eigenvalue weighted by Crippen LogP contribution is 2.52. The number of fused-ring (bicyclic) bond motifs is 12. The van der Waals surface area contributed by atoms with Gasteiger partial charge >= 0.3 is 0 Å². The fourth-order valence-electron chi connectivity index (χ4n) is 9.62. The van der Waals surface area contributed by atoms with Crippen LogP contribution < -0.4 is 4.90 Å². The molecule has 54 heavy (non-hydrogen) atoms. The molecule has 3 nitrogen and oxygen atoms in total. The number of hydrogen-bond acceptors (Lipinski definition) is 2. The van der Waals surface area contributed by atoms with Crippen molar-refractivity contribution < 1.29 is 4.42 Å². The fraction of sp³-hybridized carbons (Fsp3) is 0.0588. The maximum Gasteiger partial charge on any atom is 0.135 e. The van der Waals surface area contributed by atoms with Gasteiger partial charge in [-0.05, 0) is 88.0 Å². The van der Waals surface area contributed by atoms with Crippen molar-refractivity contribution in [1.82, 2.24) is 4.40 Å². The van der Waals surface area contributed by atoms with E-state index in [2.05, 4.69) is 181 Å². The van der Waals surface area contributed by atoms with Gasteiger partial charge < -0.3 is 13.7 Å². The Morgan fingerprint density at radius 3 is 1.94 bits per heavy atom. The monoisotopic (exact) mass is 690 g/mol. The van der Waals surface area contributed by atoms with Gasteiger partial charge in [-0.1, -0.05) is 129 Å². The molecule has 12 rings (SSSR count). The summed E-state index contributed by atoms with van der Waals surface area (Å²) in [4.78, 5) is 2.47. The lowest BCUT2D eigenvalue weighted by molar-refractivity contribution is 0.660. The minimum Gasteiger partial charge on any atom is -0.456 e. The molecule has 11 aromatic rings. The molecule has 3 aromatic heterocycles. The van der Waals surface area contributed by atoms with Crippen molar-refractivity contribution in [3.05, 3.63) is 181 Å². The summed E-state index contributed by atoms with van der Waals surface area (Å²) in [6, 6.07) is 62.3. The first-order valence-electron chi connectivity index (χ1n) is 18.8. The van der Waals surface area contributed by atoms with E-state index in [4.69, 9.17) is 4.42 Å². The predicted octanol–water partition coefficient (Wildman–Crippen LogP) is 14.2. The number of para-hydroxylation sites is 4. The molecule has 0 amide bonds. The Bertz CT molecular complexity index is 3310. The quantitative estimate of drug-likeness (QED) is 0.183. The van der Waals surface area contributed by atoms with E-state index in [1.54, 1.807) is 0 Å². The first-order valence-corrected chi connectivity index (χ1v) is 18.8. The van der Waals surface area contributed by atoms with Crippen LogP contribution in [0, 0.1) is 0 Å². The maximum absolute atomic E-state index is 6.15. The summed E-state index contributed by atoms with van der Waals surface area (Å²) >= 11 is 0. The van der Waals surface area contributed by atoms with E-state index < -0.39 is 0 Å². The molecule has 0 aliphatic heterocycles. The maximum atomic E-state index is 6.15. The number of rotatable bonds is 4. The van der Waals surface area contributed by atoms with Crippen molar-refractivity contribution in [3.63, 3.8) is 0 Å². The van der Waals surface area contributed by atoms with Crippen LogP contribution in [0.3, 0.4) is 0 Å². The highest BCUT2D eigenvalue weighted by Gasteiger charge is 2.35. The SMILES string of the molecule is CC1(C)c2ccccc2-c2cc(N(c3ccc(-c4ccc5oc6ccccc6c5c4)cc3)c3cccc4c5cccc6c7ccccc7n(c34)c65)ccc21. The van der Waals surface area contributed by atoms with Crippen molar-refractivity contribution in [2.75, 3.05) is 4.90 Å². The van der Waals surface area contributed by atoms with E-state index >= 15 is 0 Å². The first kappa shape index (κ1) is 29.7. The number of benzene rings is 8. The molecule has 0 N–H and O–H groups in total. The Labute approximate surface area is 312 Å². The summed E-state index contributed by atoms with van der Waals surface area (Å²) in [5.41, 5.74) is 16.6. The highest BCUT2D eigenvalue weighted by atomic mass is 16.3. The summed E-state index contributed by atoms with van der Waals surface area (Å²) < 4.78 is 8.65. The van der Waals surface area contributed by atoms with Crippen molar-refractivity contribution in [3.8, 4) is 22.3 Å². The lowest BCUT2D eigenvalue weighted by Gasteiger charge is -2.28. The van der Waals surface area contributed by atoms with Crippen LogP contribution in [0.5, 0.6) is 0 Å². The van der Waals surface area contributed by atoms with Gasteiger partial charge in [0.15, 0.2) is 0 Å². The van der Waals surface area contributed by atoms with Crippen molar-refractivity contribution >= 4 is 77.1 Å². The molecule has 3 heteroatoms. The van der Waals surface area contributed by atoms with Crippen LogP contribution in [0.4, 0.5) is 17.1 Å². The zero-order chi connectivity index (χ0) is 35.7. The van der Waals surface area contributed by atoms with Gasteiger partial charge in [0.2, 0.25) is 0 Å². The Morgan fingerprint density at radius 2 is 1.07 bits per heavy atom. The first-order chi connectivity index (χ1) is 26.5. The normalized spacial score (nSPS) is 13.5. The van der Waals surface area contributed by atoms with Gasteiger partial charge in [0.05, 0.1) is 22.2 Å². The lowest BCUT2D eigenvalue weighted by Crippen LogP contribution is -2.15. The van der Waals surface area contributed by atoms with Crippen LogP contribution in [-0.4, -0.2) is 4.40 Å². The van der Waals surface area contributed by atoms with Gasteiger partial charge in [0, 0.05) is 49.1 Å². The third kappa shape index (κ3) is 3.91. The largest absolute Gasteiger partial charge is 0.456 e. The van der Waals surface area contributed by atoms with Gasteiger partial charge in [0.1, 0.15) is 11.2 Å². The number of hydrogen-bond donors (Lipinski definition) is 0. The summed E-state index contributed by atoms with van der Waals surface area (Å²) in [5.74, 6) is 0. The third-order valence-corrected chi connectivity index (χ3v) is 12.1. The van der Waals surface area contributed by atoms with Gasteiger partial charge in [0.25, 0.3) is 0 Å². The number of furan rings is 1. The number of nitrogens with zero attached hydrogens (tertiary/aromatic N) is 2. The predicted molar refractivity (Wildman–Crippen MR) is 226 cm³/mol. The van der Waals surface area contributed by atoms with E-state index in [1.165, 1.54) is 71.5 Å². The van der Waals surface area contributed by atoms with Crippen LogP contribution in [0.2, 0.25) is 0 Å². The lowest BCUT2D eigenvalue weighted by atomic mass is 9.82. The van der Waals surface area contributed by atoms with Gasteiger partial charge in [-0.2, -0.15) is 0 Å². The topological polar surface area (TPSA) is 20.8 Å². The van der Waals surface area contributed by atoms with Crippen LogP contribution in [0.25, 0.3) is 82.3 Å². The molecule has 1 aliphatic carbocycles. The molecule has 1 aliphatic rings. The minimum atomic E-state index is -0.0658. The second kappa shape index (κ2) is 10.6. The van der Waals surface area contributed by atoms with Crippen LogP contribution >= 0.6 is 0 Å². The van der Waals surface area contributed by atoms with E-state index in [1.807, 2.05) is 12.1 Å². The Balaban J connectivity index is 1.10. The minimum absolute atomic E-state index is 0.0658. The summed E-state index contributed by atoms with van der Waals surface area (Å²) in [7, 11) is 0. The van der Waals surface area contributed by atoms with Crippen molar-refractivity contribution in [2.24, 2.45) is 0 Å².